The zero-order valence-electron chi connectivity index (χ0n) is 14.9. The van der Waals surface area contributed by atoms with Gasteiger partial charge in [0.2, 0.25) is 0 Å². The maximum absolute atomic E-state index is 12.5. The van der Waals surface area contributed by atoms with Crippen LogP contribution in [0, 0.1) is 6.92 Å². The first-order valence-corrected chi connectivity index (χ1v) is 9.43. The van der Waals surface area contributed by atoms with E-state index in [0.717, 1.165) is 21.0 Å². The molecule has 0 radical (unpaired) electrons. The van der Waals surface area contributed by atoms with Crippen molar-refractivity contribution in [2.45, 2.75) is 6.92 Å². The van der Waals surface area contributed by atoms with Crippen molar-refractivity contribution in [3.8, 4) is 16.9 Å². The Hall–Kier alpha value is -3.18. The second-order valence-electron chi connectivity index (χ2n) is 6.31. The maximum Gasteiger partial charge on any atom is 0.343 e. The van der Waals surface area contributed by atoms with Crippen LogP contribution in [0.2, 0.25) is 0 Å². The summed E-state index contributed by atoms with van der Waals surface area (Å²) in [4.78, 5) is 24.6. The Morgan fingerprint density at radius 3 is 2.50 bits per heavy atom. The molecule has 0 bridgehead atoms. The molecule has 0 atom stereocenters. The predicted molar refractivity (Wildman–Crippen MR) is 112 cm³/mol. The lowest BCUT2D eigenvalue weighted by molar-refractivity contribution is 0.0733. The SMILES string of the molecule is Cc1c(OC(=O)c2cccc(Br)c2)ccc2c(-c3ccccc3)cc(=O)oc12. The third kappa shape index (κ3) is 3.49. The minimum absolute atomic E-state index is 0.353. The number of aryl methyl sites for hydroxylation is 1. The molecule has 4 nitrogen and oxygen atoms in total. The second kappa shape index (κ2) is 7.44. The molecule has 0 saturated heterocycles. The molecule has 4 aromatic rings. The zero-order valence-corrected chi connectivity index (χ0v) is 16.5. The Morgan fingerprint density at radius 2 is 1.75 bits per heavy atom. The van der Waals surface area contributed by atoms with E-state index in [0.29, 0.717) is 22.5 Å². The van der Waals surface area contributed by atoms with Gasteiger partial charge in [-0.1, -0.05) is 52.3 Å². The summed E-state index contributed by atoms with van der Waals surface area (Å²) in [6.07, 6.45) is 0. The largest absolute Gasteiger partial charge is 0.423 e. The molecule has 0 unspecified atom stereocenters. The Kier molecular flexibility index (Phi) is 4.84. The fourth-order valence-electron chi connectivity index (χ4n) is 3.08. The normalized spacial score (nSPS) is 10.8. The highest BCUT2D eigenvalue weighted by Gasteiger charge is 2.16. The lowest BCUT2D eigenvalue weighted by atomic mass is 10.0. The molecule has 0 saturated carbocycles. The van der Waals surface area contributed by atoms with Crippen molar-refractivity contribution in [3.05, 3.63) is 98.8 Å². The Balaban J connectivity index is 1.79. The average molecular weight is 435 g/mol. The van der Waals surface area contributed by atoms with Crippen LogP contribution in [0.3, 0.4) is 0 Å². The van der Waals surface area contributed by atoms with Crippen molar-refractivity contribution < 1.29 is 13.9 Å². The van der Waals surface area contributed by atoms with Gasteiger partial charge in [-0.05, 0) is 48.4 Å². The van der Waals surface area contributed by atoms with Gasteiger partial charge in [0.15, 0.2) is 0 Å². The van der Waals surface area contributed by atoms with Crippen molar-refractivity contribution in [2.24, 2.45) is 0 Å². The summed E-state index contributed by atoms with van der Waals surface area (Å²) in [5.41, 5.74) is 2.67. The monoisotopic (exact) mass is 434 g/mol. The molecule has 0 aliphatic heterocycles. The number of rotatable bonds is 3. The van der Waals surface area contributed by atoms with E-state index >= 15 is 0 Å². The van der Waals surface area contributed by atoms with Gasteiger partial charge in [0, 0.05) is 21.5 Å². The molecule has 3 aromatic carbocycles. The van der Waals surface area contributed by atoms with Crippen LogP contribution in [0.5, 0.6) is 5.75 Å². The fourth-order valence-corrected chi connectivity index (χ4v) is 3.48. The van der Waals surface area contributed by atoms with Gasteiger partial charge in [0.05, 0.1) is 5.56 Å². The van der Waals surface area contributed by atoms with Crippen molar-refractivity contribution in [3.63, 3.8) is 0 Å². The van der Waals surface area contributed by atoms with E-state index in [2.05, 4.69) is 15.9 Å². The standard InChI is InChI=1S/C23H15BrO4/c1-14-20(27-23(26)16-8-5-9-17(24)12-16)11-10-18-19(13-21(25)28-22(14)18)15-6-3-2-4-7-15/h2-13H,1H3. The van der Waals surface area contributed by atoms with E-state index < -0.39 is 11.6 Å². The fraction of sp³-hybridized carbons (Fsp3) is 0.0435. The Bertz CT molecular complexity index is 1240. The number of carbonyl (C=O) groups excluding carboxylic acids is 1. The van der Waals surface area contributed by atoms with E-state index in [-0.39, 0.29) is 0 Å². The number of fused-ring (bicyclic) bond motifs is 1. The van der Waals surface area contributed by atoms with E-state index in [1.165, 1.54) is 6.07 Å². The van der Waals surface area contributed by atoms with Crippen molar-refractivity contribution >= 4 is 32.9 Å². The molecule has 138 valence electrons. The summed E-state index contributed by atoms with van der Waals surface area (Å²) in [6, 6.07) is 21.6. The van der Waals surface area contributed by atoms with Gasteiger partial charge in [0.25, 0.3) is 0 Å². The van der Waals surface area contributed by atoms with Crippen LogP contribution in [-0.4, -0.2) is 5.97 Å². The van der Waals surface area contributed by atoms with Crippen LogP contribution in [0.15, 0.2) is 86.5 Å². The molecule has 0 aliphatic carbocycles. The van der Waals surface area contributed by atoms with Crippen LogP contribution < -0.4 is 10.4 Å². The van der Waals surface area contributed by atoms with Crippen molar-refractivity contribution in [1.29, 1.82) is 0 Å². The van der Waals surface area contributed by atoms with E-state index in [1.54, 1.807) is 37.3 Å². The predicted octanol–water partition coefficient (Wildman–Crippen LogP) is 5.75. The minimum Gasteiger partial charge on any atom is -0.423 e. The van der Waals surface area contributed by atoms with Crippen LogP contribution in [0.1, 0.15) is 15.9 Å². The van der Waals surface area contributed by atoms with E-state index in [4.69, 9.17) is 9.15 Å². The minimum atomic E-state index is -0.481. The average Bonchev–Trinajstić information content (AvgIpc) is 2.70. The smallest absolute Gasteiger partial charge is 0.343 e. The van der Waals surface area contributed by atoms with Crippen LogP contribution in [-0.2, 0) is 0 Å². The van der Waals surface area contributed by atoms with Gasteiger partial charge in [-0.15, -0.1) is 0 Å². The quantitative estimate of drug-likeness (QED) is 0.234. The summed E-state index contributed by atoms with van der Waals surface area (Å²) in [6.45, 7) is 1.77. The third-order valence-electron chi connectivity index (χ3n) is 4.46. The highest BCUT2D eigenvalue weighted by molar-refractivity contribution is 9.10. The van der Waals surface area contributed by atoms with Crippen LogP contribution in [0.4, 0.5) is 0 Å². The molecule has 0 amide bonds. The molecule has 1 aromatic heterocycles. The van der Waals surface area contributed by atoms with Gasteiger partial charge < -0.3 is 9.15 Å². The molecule has 0 spiro atoms. The maximum atomic E-state index is 12.5. The summed E-state index contributed by atoms with van der Waals surface area (Å²) in [5, 5.41) is 0.783. The Labute approximate surface area is 169 Å². The van der Waals surface area contributed by atoms with Gasteiger partial charge in [-0.2, -0.15) is 0 Å². The summed E-state index contributed by atoms with van der Waals surface area (Å²) in [5.74, 6) is -0.129. The first kappa shape index (κ1) is 18.2. The number of esters is 1. The number of benzene rings is 3. The summed E-state index contributed by atoms with van der Waals surface area (Å²) in [7, 11) is 0. The van der Waals surface area contributed by atoms with Crippen LogP contribution >= 0.6 is 15.9 Å². The number of carbonyl (C=O) groups is 1. The van der Waals surface area contributed by atoms with Crippen molar-refractivity contribution in [2.75, 3.05) is 0 Å². The van der Waals surface area contributed by atoms with E-state index in [9.17, 15) is 9.59 Å². The number of halogens is 1. The molecule has 0 fully saturated rings. The highest BCUT2D eigenvalue weighted by Crippen LogP contribution is 2.33. The molecule has 1 heterocycles. The number of hydrogen-bond donors (Lipinski definition) is 0. The lowest BCUT2D eigenvalue weighted by Crippen LogP contribution is -2.09. The molecule has 0 aliphatic rings. The molecule has 4 rings (SSSR count). The van der Waals surface area contributed by atoms with Crippen molar-refractivity contribution in [1.82, 2.24) is 0 Å². The molecular weight excluding hydrogens is 420 g/mol. The van der Waals surface area contributed by atoms with Gasteiger partial charge in [-0.3, -0.25) is 0 Å². The van der Waals surface area contributed by atoms with Gasteiger partial charge >= 0.3 is 11.6 Å². The summed E-state index contributed by atoms with van der Waals surface area (Å²) >= 11 is 3.34. The first-order valence-electron chi connectivity index (χ1n) is 8.63. The Morgan fingerprint density at radius 1 is 0.964 bits per heavy atom. The van der Waals surface area contributed by atoms with Gasteiger partial charge in [0.1, 0.15) is 11.3 Å². The highest BCUT2D eigenvalue weighted by atomic mass is 79.9. The molecule has 5 heteroatoms. The molecule has 28 heavy (non-hydrogen) atoms. The number of hydrogen-bond acceptors (Lipinski definition) is 4. The van der Waals surface area contributed by atoms with E-state index in [1.807, 2.05) is 36.4 Å². The number of ether oxygens (including phenoxy) is 1. The van der Waals surface area contributed by atoms with Crippen LogP contribution in [0.25, 0.3) is 22.1 Å². The third-order valence-corrected chi connectivity index (χ3v) is 4.95. The second-order valence-corrected chi connectivity index (χ2v) is 7.23. The molecular formula is C23H15BrO4. The molecule has 0 N–H and O–H groups in total. The first-order chi connectivity index (χ1) is 13.5. The zero-order chi connectivity index (χ0) is 19.7. The topological polar surface area (TPSA) is 56.5 Å². The lowest BCUT2D eigenvalue weighted by Gasteiger charge is -2.11. The summed E-state index contributed by atoms with van der Waals surface area (Å²) < 4.78 is 11.8. The van der Waals surface area contributed by atoms with Gasteiger partial charge in [-0.25, -0.2) is 9.59 Å².